The van der Waals surface area contributed by atoms with Crippen molar-refractivity contribution in [2.75, 3.05) is 7.11 Å². The highest BCUT2D eigenvalue weighted by atomic mass is 16.5. The second-order valence-electron chi connectivity index (χ2n) is 3.18. The molecule has 0 bridgehead atoms. The molecule has 0 fully saturated rings. The molecular formula is C10H11N3O2. The molecule has 0 spiro atoms. The van der Waals surface area contributed by atoms with Crippen molar-refractivity contribution in [2.24, 2.45) is 5.73 Å². The quantitative estimate of drug-likeness (QED) is 0.786. The summed E-state index contributed by atoms with van der Waals surface area (Å²) in [4.78, 5) is 15.5. The number of carbonyl (C=O) groups excluding carboxylic acids is 1. The summed E-state index contributed by atoms with van der Waals surface area (Å²) in [6, 6.07) is 3.56. The smallest absolute Gasteiger partial charge is 0.267 e. The van der Waals surface area contributed by atoms with Gasteiger partial charge in [-0.2, -0.15) is 0 Å². The Hall–Kier alpha value is -2.04. The van der Waals surface area contributed by atoms with E-state index < -0.39 is 5.91 Å². The Morgan fingerprint density at radius 1 is 1.60 bits per heavy atom. The average Bonchev–Trinajstić information content (AvgIpc) is 2.53. The van der Waals surface area contributed by atoms with Gasteiger partial charge >= 0.3 is 0 Å². The minimum absolute atomic E-state index is 0.393. The molecule has 0 radical (unpaired) electrons. The van der Waals surface area contributed by atoms with Crippen LogP contribution in [0.4, 0.5) is 0 Å². The van der Waals surface area contributed by atoms with Gasteiger partial charge in [-0.15, -0.1) is 0 Å². The van der Waals surface area contributed by atoms with E-state index in [1.54, 1.807) is 36.8 Å². The number of carbonyl (C=O) groups is 1. The number of rotatable bonds is 2. The maximum Gasteiger partial charge on any atom is 0.267 e. The average molecular weight is 205 g/mol. The van der Waals surface area contributed by atoms with Gasteiger partial charge in [-0.05, 0) is 19.1 Å². The van der Waals surface area contributed by atoms with Gasteiger partial charge < -0.3 is 10.5 Å². The van der Waals surface area contributed by atoms with Gasteiger partial charge in [-0.3, -0.25) is 9.20 Å². The summed E-state index contributed by atoms with van der Waals surface area (Å²) in [5.41, 5.74) is 6.88. The van der Waals surface area contributed by atoms with E-state index in [2.05, 4.69) is 4.98 Å². The summed E-state index contributed by atoms with van der Waals surface area (Å²) in [7, 11) is 1.56. The van der Waals surface area contributed by atoms with Crippen LogP contribution in [0.5, 0.6) is 5.75 Å². The second-order valence-corrected chi connectivity index (χ2v) is 3.18. The summed E-state index contributed by atoms with van der Waals surface area (Å²) in [5.74, 6) is 0.126. The van der Waals surface area contributed by atoms with Crippen LogP contribution in [-0.2, 0) is 0 Å². The fourth-order valence-electron chi connectivity index (χ4n) is 1.61. The molecule has 5 nitrogen and oxygen atoms in total. The zero-order chi connectivity index (χ0) is 11.0. The number of methoxy groups -OCH3 is 1. The predicted molar refractivity (Wildman–Crippen MR) is 55.0 cm³/mol. The molecule has 15 heavy (non-hydrogen) atoms. The molecule has 0 atom stereocenters. The molecular weight excluding hydrogens is 194 g/mol. The molecule has 5 heteroatoms. The van der Waals surface area contributed by atoms with E-state index in [9.17, 15) is 4.79 Å². The number of hydrogen-bond donors (Lipinski definition) is 1. The summed E-state index contributed by atoms with van der Waals surface area (Å²) in [6.45, 7) is 1.74. The first kappa shape index (κ1) is 9.51. The molecule has 0 saturated heterocycles. The van der Waals surface area contributed by atoms with Gasteiger partial charge in [0.1, 0.15) is 5.69 Å². The third kappa shape index (κ3) is 1.32. The van der Waals surface area contributed by atoms with E-state index >= 15 is 0 Å². The zero-order valence-corrected chi connectivity index (χ0v) is 8.52. The number of fused-ring (bicyclic) bond motifs is 1. The molecule has 0 saturated carbocycles. The van der Waals surface area contributed by atoms with E-state index in [0.29, 0.717) is 22.8 Å². The lowest BCUT2D eigenvalue weighted by Crippen LogP contribution is -2.15. The van der Waals surface area contributed by atoms with E-state index in [0.717, 1.165) is 0 Å². The molecule has 0 aliphatic carbocycles. The summed E-state index contributed by atoms with van der Waals surface area (Å²) in [5, 5.41) is 0. The monoisotopic (exact) mass is 205 g/mol. The molecule has 2 aromatic heterocycles. The van der Waals surface area contributed by atoms with Gasteiger partial charge in [0, 0.05) is 6.20 Å². The van der Waals surface area contributed by atoms with Crippen LogP contribution < -0.4 is 10.5 Å². The number of aryl methyl sites for hydroxylation is 1. The number of imidazole rings is 1. The number of pyridine rings is 1. The fraction of sp³-hybridized carbons (Fsp3) is 0.200. The standard InChI is InChI=1S/C10H11N3O2/c1-6-8(9(11)14)13-5-3-4-7(15-2)10(13)12-6/h3-5H,1-2H3,(H2,11,14). The Labute approximate surface area is 86.5 Å². The Balaban J connectivity index is 2.84. The molecule has 2 aromatic rings. The summed E-state index contributed by atoms with van der Waals surface area (Å²) < 4.78 is 6.78. The lowest BCUT2D eigenvalue weighted by atomic mass is 10.3. The Bertz CT molecular complexity index is 531. The molecule has 0 aromatic carbocycles. The number of amides is 1. The van der Waals surface area contributed by atoms with Gasteiger partial charge in [0.05, 0.1) is 12.8 Å². The fourth-order valence-corrected chi connectivity index (χ4v) is 1.61. The van der Waals surface area contributed by atoms with Gasteiger partial charge in [0.2, 0.25) is 0 Å². The number of nitrogens with zero attached hydrogens (tertiary/aromatic N) is 2. The molecule has 1 amide bonds. The number of nitrogens with two attached hydrogens (primary N) is 1. The van der Waals surface area contributed by atoms with Crippen LogP contribution >= 0.6 is 0 Å². The number of aromatic nitrogens is 2. The largest absolute Gasteiger partial charge is 0.493 e. The predicted octanol–water partition coefficient (Wildman–Crippen LogP) is 0.750. The number of ether oxygens (including phenoxy) is 1. The van der Waals surface area contributed by atoms with Crippen molar-refractivity contribution in [3.8, 4) is 5.75 Å². The van der Waals surface area contributed by atoms with Crippen molar-refractivity contribution in [3.05, 3.63) is 29.7 Å². The summed E-state index contributed by atoms with van der Waals surface area (Å²) >= 11 is 0. The minimum Gasteiger partial charge on any atom is -0.493 e. The zero-order valence-electron chi connectivity index (χ0n) is 8.52. The van der Waals surface area contributed by atoms with E-state index in [1.807, 2.05) is 0 Å². The maximum absolute atomic E-state index is 11.2. The first-order valence-corrected chi connectivity index (χ1v) is 4.46. The SMILES string of the molecule is COc1cccn2c(C(N)=O)c(C)nc12. The van der Waals surface area contributed by atoms with Gasteiger partial charge in [0.15, 0.2) is 11.4 Å². The van der Waals surface area contributed by atoms with Crippen LogP contribution in [0.1, 0.15) is 16.2 Å². The van der Waals surface area contributed by atoms with Crippen LogP contribution in [0.3, 0.4) is 0 Å². The highest BCUT2D eigenvalue weighted by molar-refractivity contribution is 5.93. The lowest BCUT2D eigenvalue weighted by Gasteiger charge is -2.02. The van der Waals surface area contributed by atoms with Gasteiger partial charge in [0.25, 0.3) is 5.91 Å². The highest BCUT2D eigenvalue weighted by Gasteiger charge is 2.15. The van der Waals surface area contributed by atoms with E-state index in [1.165, 1.54) is 0 Å². The van der Waals surface area contributed by atoms with Crippen molar-refractivity contribution < 1.29 is 9.53 Å². The molecule has 2 N–H and O–H groups in total. The van der Waals surface area contributed by atoms with Crippen molar-refractivity contribution in [3.63, 3.8) is 0 Å². The van der Waals surface area contributed by atoms with E-state index in [4.69, 9.17) is 10.5 Å². The second kappa shape index (κ2) is 3.27. The van der Waals surface area contributed by atoms with Crippen LogP contribution in [0.25, 0.3) is 5.65 Å². The molecule has 2 rings (SSSR count). The highest BCUT2D eigenvalue weighted by Crippen LogP contribution is 2.20. The van der Waals surface area contributed by atoms with Crippen molar-refractivity contribution in [1.29, 1.82) is 0 Å². The lowest BCUT2D eigenvalue weighted by molar-refractivity contribution is 0.0994. The van der Waals surface area contributed by atoms with Crippen LogP contribution in [0, 0.1) is 6.92 Å². The number of hydrogen-bond acceptors (Lipinski definition) is 3. The van der Waals surface area contributed by atoms with Crippen molar-refractivity contribution in [1.82, 2.24) is 9.38 Å². The molecule has 78 valence electrons. The third-order valence-electron chi connectivity index (χ3n) is 2.24. The normalized spacial score (nSPS) is 10.5. The van der Waals surface area contributed by atoms with Gasteiger partial charge in [-0.25, -0.2) is 4.98 Å². The first-order chi connectivity index (χ1) is 7.15. The molecule has 0 aliphatic heterocycles. The Kier molecular flexibility index (Phi) is 2.07. The Morgan fingerprint density at radius 3 is 2.93 bits per heavy atom. The minimum atomic E-state index is -0.492. The van der Waals surface area contributed by atoms with Crippen LogP contribution in [-0.4, -0.2) is 22.4 Å². The molecule has 0 aliphatic rings. The maximum atomic E-state index is 11.2. The van der Waals surface area contributed by atoms with Crippen molar-refractivity contribution >= 4 is 11.6 Å². The van der Waals surface area contributed by atoms with Crippen LogP contribution in [0.15, 0.2) is 18.3 Å². The van der Waals surface area contributed by atoms with Crippen LogP contribution in [0.2, 0.25) is 0 Å². The summed E-state index contributed by atoms with van der Waals surface area (Å²) in [6.07, 6.45) is 1.73. The van der Waals surface area contributed by atoms with E-state index in [-0.39, 0.29) is 0 Å². The number of primary amides is 1. The molecule has 0 unspecified atom stereocenters. The molecule has 2 heterocycles. The first-order valence-electron chi connectivity index (χ1n) is 4.46. The topological polar surface area (TPSA) is 69.6 Å². The van der Waals surface area contributed by atoms with Gasteiger partial charge in [-0.1, -0.05) is 0 Å². The van der Waals surface area contributed by atoms with Crippen molar-refractivity contribution in [2.45, 2.75) is 6.92 Å². The Morgan fingerprint density at radius 2 is 2.33 bits per heavy atom. The third-order valence-corrected chi connectivity index (χ3v) is 2.24.